The van der Waals surface area contributed by atoms with E-state index < -0.39 is 0 Å². The van der Waals surface area contributed by atoms with Gasteiger partial charge in [-0.2, -0.15) is 4.58 Å². The Morgan fingerprint density at radius 3 is 2.71 bits per heavy atom. The first-order valence-corrected chi connectivity index (χ1v) is 5.76. The summed E-state index contributed by atoms with van der Waals surface area (Å²) in [4.78, 5) is 0. The molecule has 0 aliphatic carbocycles. The van der Waals surface area contributed by atoms with Crippen LogP contribution >= 0.6 is 0 Å². The smallest absolute Gasteiger partial charge is 0.210 e. The minimum absolute atomic E-state index is 0.0146. The van der Waals surface area contributed by atoms with Crippen molar-refractivity contribution >= 4 is 11.4 Å². The van der Waals surface area contributed by atoms with Crippen molar-refractivity contribution < 1.29 is 9.31 Å². The molecule has 0 N–H and O–H groups in total. The van der Waals surface area contributed by atoms with Gasteiger partial charge in [-0.3, -0.25) is 0 Å². The zero-order chi connectivity index (χ0) is 12.6. The zero-order valence-corrected chi connectivity index (χ0v) is 10.9. The summed E-state index contributed by atoms with van der Waals surface area (Å²) in [5, 5.41) is 0. The molecule has 0 bridgehead atoms. The standard InChI is InChI=1S/C15H18NO/c1-6-9-16-11(2)15(3,4)13-10-12(17-5)7-8-14(13)16/h1,7-8,10H,9H2,2-5H3/q+1. The molecule has 0 fully saturated rings. The maximum absolute atomic E-state index is 5.44. The predicted molar refractivity (Wildman–Crippen MR) is 70.3 cm³/mol. The highest BCUT2D eigenvalue weighted by atomic mass is 16.5. The molecule has 0 spiro atoms. The number of hydrogen-bond acceptors (Lipinski definition) is 1. The number of rotatable bonds is 2. The predicted octanol–water partition coefficient (Wildman–Crippen LogP) is 2.72. The van der Waals surface area contributed by atoms with Crippen molar-refractivity contribution in [1.29, 1.82) is 0 Å². The summed E-state index contributed by atoms with van der Waals surface area (Å²) in [6.45, 7) is 7.20. The van der Waals surface area contributed by atoms with Crippen LogP contribution in [0.5, 0.6) is 5.75 Å². The topological polar surface area (TPSA) is 12.2 Å². The fourth-order valence-corrected chi connectivity index (χ4v) is 2.39. The molecule has 2 rings (SSSR count). The Kier molecular flexibility index (Phi) is 2.71. The molecule has 0 saturated carbocycles. The number of nitrogens with zero attached hydrogens (tertiary/aromatic N) is 1. The molecule has 0 radical (unpaired) electrons. The lowest BCUT2D eigenvalue weighted by Gasteiger charge is -2.15. The average Bonchev–Trinajstić information content (AvgIpc) is 2.51. The van der Waals surface area contributed by atoms with E-state index in [1.165, 1.54) is 17.0 Å². The highest BCUT2D eigenvalue weighted by molar-refractivity contribution is 5.93. The maximum atomic E-state index is 5.44. The molecule has 88 valence electrons. The van der Waals surface area contributed by atoms with Crippen LogP contribution in [0.1, 0.15) is 26.3 Å². The Morgan fingerprint density at radius 1 is 1.41 bits per heavy atom. The van der Waals surface area contributed by atoms with Crippen molar-refractivity contribution in [3.05, 3.63) is 23.8 Å². The van der Waals surface area contributed by atoms with E-state index in [4.69, 9.17) is 11.2 Å². The second-order valence-corrected chi connectivity index (χ2v) is 4.88. The molecular formula is C15H18NO+. The minimum atomic E-state index is 0.0146. The van der Waals surface area contributed by atoms with Crippen molar-refractivity contribution in [2.75, 3.05) is 13.7 Å². The molecular weight excluding hydrogens is 210 g/mol. The molecule has 2 nitrogen and oxygen atoms in total. The van der Waals surface area contributed by atoms with Crippen LogP contribution in [0.15, 0.2) is 18.2 Å². The summed E-state index contributed by atoms with van der Waals surface area (Å²) in [6, 6.07) is 6.18. The van der Waals surface area contributed by atoms with Crippen molar-refractivity contribution in [3.63, 3.8) is 0 Å². The monoisotopic (exact) mass is 228 g/mol. The van der Waals surface area contributed by atoms with Gasteiger partial charge >= 0.3 is 0 Å². The minimum Gasteiger partial charge on any atom is -0.497 e. The molecule has 0 saturated heterocycles. The van der Waals surface area contributed by atoms with Gasteiger partial charge in [0.1, 0.15) is 5.75 Å². The van der Waals surface area contributed by atoms with E-state index in [-0.39, 0.29) is 5.41 Å². The lowest BCUT2D eigenvalue weighted by molar-refractivity contribution is -0.424. The van der Waals surface area contributed by atoms with E-state index >= 15 is 0 Å². The van der Waals surface area contributed by atoms with Gasteiger partial charge in [-0.1, -0.05) is 0 Å². The second kappa shape index (κ2) is 3.92. The first-order valence-electron chi connectivity index (χ1n) is 5.76. The zero-order valence-electron chi connectivity index (χ0n) is 10.9. The Bertz CT molecular complexity index is 532. The molecule has 1 heterocycles. The van der Waals surface area contributed by atoms with Crippen LogP contribution in [0, 0.1) is 12.3 Å². The average molecular weight is 228 g/mol. The molecule has 2 heteroatoms. The third-order valence-corrected chi connectivity index (χ3v) is 3.73. The van der Waals surface area contributed by atoms with E-state index in [9.17, 15) is 0 Å². The molecule has 0 amide bonds. The largest absolute Gasteiger partial charge is 0.497 e. The third-order valence-electron chi connectivity index (χ3n) is 3.73. The van der Waals surface area contributed by atoms with Gasteiger partial charge in [-0.15, -0.1) is 6.42 Å². The van der Waals surface area contributed by atoms with E-state index in [1.54, 1.807) is 7.11 Å². The normalized spacial score (nSPS) is 16.6. The first kappa shape index (κ1) is 11.7. The number of fused-ring (bicyclic) bond motifs is 1. The molecule has 1 aliphatic rings. The van der Waals surface area contributed by atoms with Gasteiger partial charge in [0, 0.05) is 18.6 Å². The van der Waals surface area contributed by atoms with Crippen molar-refractivity contribution in [3.8, 4) is 18.1 Å². The summed E-state index contributed by atoms with van der Waals surface area (Å²) in [5.74, 6) is 3.62. The lowest BCUT2D eigenvalue weighted by atomic mass is 9.82. The van der Waals surface area contributed by atoms with Gasteiger partial charge in [0.05, 0.1) is 12.5 Å². The number of benzene rings is 1. The van der Waals surface area contributed by atoms with Crippen LogP contribution in [0.2, 0.25) is 0 Å². The van der Waals surface area contributed by atoms with E-state index in [0.717, 1.165) is 5.75 Å². The summed E-state index contributed by atoms with van der Waals surface area (Å²) >= 11 is 0. The molecule has 1 aromatic rings. The van der Waals surface area contributed by atoms with Crippen LogP contribution in [-0.4, -0.2) is 23.9 Å². The van der Waals surface area contributed by atoms with Crippen LogP contribution in [-0.2, 0) is 5.41 Å². The summed E-state index contributed by atoms with van der Waals surface area (Å²) in [7, 11) is 1.69. The quantitative estimate of drug-likeness (QED) is 0.560. The number of terminal acetylenes is 1. The molecule has 0 aromatic heterocycles. The highest BCUT2D eigenvalue weighted by Gasteiger charge is 2.42. The van der Waals surface area contributed by atoms with Crippen LogP contribution in [0.3, 0.4) is 0 Å². The maximum Gasteiger partial charge on any atom is 0.210 e. The molecule has 0 atom stereocenters. The van der Waals surface area contributed by atoms with Gasteiger partial charge in [0.2, 0.25) is 12.2 Å². The number of hydrogen-bond donors (Lipinski definition) is 0. The molecule has 17 heavy (non-hydrogen) atoms. The van der Waals surface area contributed by atoms with Gasteiger partial charge in [0.15, 0.2) is 5.71 Å². The van der Waals surface area contributed by atoms with Gasteiger partial charge in [-0.25, -0.2) is 0 Å². The Labute approximate surface area is 103 Å². The van der Waals surface area contributed by atoms with Crippen LogP contribution < -0.4 is 4.74 Å². The van der Waals surface area contributed by atoms with E-state index in [1.807, 2.05) is 6.07 Å². The fraction of sp³-hybridized carbons (Fsp3) is 0.400. The van der Waals surface area contributed by atoms with E-state index in [0.29, 0.717) is 6.54 Å². The number of ether oxygens (including phenoxy) is 1. The van der Waals surface area contributed by atoms with Crippen LogP contribution in [0.4, 0.5) is 5.69 Å². The second-order valence-electron chi connectivity index (χ2n) is 4.88. The summed E-state index contributed by atoms with van der Waals surface area (Å²) in [5.41, 5.74) is 3.79. The highest BCUT2D eigenvalue weighted by Crippen LogP contribution is 2.40. The lowest BCUT2D eigenvalue weighted by Crippen LogP contribution is -2.26. The van der Waals surface area contributed by atoms with Crippen molar-refractivity contribution in [2.45, 2.75) is 26.2 Å². The van der Waals surface area contributed by atoms with Gasteiger partial charge in [0.25, 0.3) is 0 Å². The van der Waals surface area contributed by atoms with Crippen molar-refractivity contribution in [1.82, 2.24) is 0 Å². The molecule has 0 unspecified atom stereocenters. The number of methoxy groups -OCH3 is 1. The Morgan fingerprint density at radius 2 is 2.12 bits per heavy atom. The molecule has 1 aromatic carbocycles. The summed E-state index contributed by atoms with van der Waals surface area (Å²) < 4.78 is 7.50. The molecule has 1 aliphatic heterocycles. The van der Waals surface area contributed by atoms with Gasteiger partial charge in [-0.05, 0) is 31.9 Å². The Hall–Kier alpha value is -1.75. The third kappa shape index (κ3) is 1.63. The Balaban J connectivity index is 2.63. The SMILES string of the molecule is C#CC[N+]1=C(C)C(C)(C)c2cc(OC)ccc21. The first-order chi connectivity index (χ1) is 8.02. The van der Waals surface area contributed by atoms with Gasteiger partial charge < -0.3 is 4.74 Å². The summed E-state index contributed by atoms with van der Waals surface area (Å²) in [6.07, 6.45) is 5.44. The fourth-order valence-electron chi connectivity index (χ4n) is 2.39. The van der Waals surface area contributed by atoms with Crippen molar-refractivity contribution in [2.24, 2.45) is 0 Å². The van der Waals surface area contributed by atoms with Crippen LogP contribution in [0.25, 0.3) is 0 Å². The van der Waals surface area contributed by atoms with E-state index in [2.05, 4.69) is 43.4 Å².